The largest absolute Gasteiger partial charge is 0.508 e. The second kappa shape index (κ2) is 8.58. The molecule has 1 saturated carbocycles. The molecule has 1 amide bonds. The number of ether oxygens (including phenoxy) is 1. The van der Waals surface area contributed by atoms with Gasteiger partial charge in [0.1, 0.15) is 11.4 Å². The molecule has 0 radical (unpaired) electrons. The molecule has 0 spiro atoms. The summed E-state index contributed by atoms with van der Waals surface area (Å²) in [6, 6.07) is 16.6. The average Bonchev–Trinajstić information content (AvgIpc) is 2.77. The molecule has 170 valence electrons. The van der Waals surface area contributed by atoms with E-state index in [1.54, 1.807) is 12.1 Å². The SMILES string of the molecule is CC(=O)OC12CC[C@@H](N(C)C(=O)c3ccccc3)CC1(c1cccc(O)c1)CCN(C)C2. The summed E-state index contributed by atoms with van der Waals surface area (Å²) in [6.07, 6.45) is 2.86. The summed E-state index contributed by atoms with van der Waals surface area (Å²) in [4.78, 5) is 29.5. The fraction of sp³-hybridized carbons (Fsp3) is 0.462. The van der Waals surface area contributed by atoms with Crippen LogP contribution >= 0.6 is 0 Å². The van der Waals surface area contributed by atoms with Gasteiger partial charge in [-0.05, 0) is 69.1 Å². The van der Waals surface area contributed by atoms with Gasteiger partial charge in [0, 0.05) is 37.5 Å². The Kier molecular flexibility index (Phi) is 5.99. The van der Waals surface area contributed by atoms with Gasteiger partial charge in [-0.25, -0.2) is 0 Å². The number of nitrogens with zero attached hydrogens (tertiary/aromatic N) is 2. The second-order valence-corrected chi connectivity index (χ2v) is 9.39. The van der Waals surface area contributed by atoms with Crippen molar-refractivity contribution in [3.05, 3.63) is 65.7 Å². The summed E-state index contributed by atoms with van der Waals surface area (Å²) in [7, 11) is 3.92. The van der Waals surface area contributed by atoms with Gasteiger partial charge in [0.05, 0.1) is 0 Å². The highest BCUT2D eigenvalue weighted by Crippen LogP contribution is 2.54. The number of amides is 1. The van der Waals surface area contributed by atoms with E-state index in [2.05, 4.69) is 11.9 Å². The maximum atomic E-state index is 13.2. The van der Waals surface area contributed by atoms with Crippen molar-refractivity contribution >= 4 is 11.9 Å². The first-order chi connectivity index (χ1) is 15.3. The van der Waals surface area contributed by atoms with E-state index in [1.807, 2.05) is 54.4 Å². The Hall–Kier alpha value is -2.86. The van der Waals surface area contributed by atoms with Crippen LogP contribution in [-0.4, -0.2) is 65.6 Å². The third kappa shape index (κ3) is 3.88. The van der Waals surface area contributed by atoms with Gasteiger partial charge in [0.25, 0.3) is 5.91 Å². The highest BCUT2D eigenvalue weighted by molar-refractivity contribution is 5.94. The van der Waals surface area contributed by atoms with Crippen molar-refractivity contribution in [3.8, 4) is 5.75 Å². The Labute approximate surface area is 189 Å². The lowest BCUT2D eigenvalue weighted by molar-refractivity contribution is -0.187. The molecule has 1 saturated heterocycles. The van der Waals surface area contributed by atoms with Crippen LogP contribution < -0.4 is 0 Å². The second-order valence-electron chi connectivity index (χ2n) is 9.39. The minimum Gasteiger partial charge on any atom is -0.508 e. The van der Waals surface area contributed by atoms with Crippen LogP contribution in [0.1, 0.15) is 48.5 Å². The molecule has 1 aliphatic heterocycles. The van der Waals surface area contributed by atoms with Crippen molar-refractivity contribution in [2.24, 2.45) is 0 Å². The van der Waals surface area contributed by atoms with Gasteiger partial charge in [-0.3, -0.25) is 9.59 Å². The molecule has 0 bridgehead atoms. The number of esters is 1. The van der Waals surface area contributed by atoms with Crippen LogP contribution in [0.25, 0.3) is 0 Å². The Morgan fingerprint density at radius 3 is 2.56 bits per heavy atom. The number of piperidine rings is 1. The highest BCUT2D eigenvalue weighted by Gasteiger charge is 2.61. The molecule has 1 aliphatic carbocycles. The zero-order chi connectivity index (χ0) is 22.9. The Bertz CT molecular complexity index is 994. The van der Waals surface area contributed by atoms with Crippen LogP contribution in [0.15, 0.2) is 54.6 Å². The Morgan fingerprint density at radius 1 is 1.12 bits per heavy atom. The predicted octanol–water partition coefficient (Wildman–Crippen LogP) is 3.59. The number of aromatic hydroxyl groups is 1. The summed E-state index contributed by atoms with van der Waals surface area (Å²) in [5.41, 5.74) is 0.448. The number of fused-ring (bicyclic) bond motifs is 1. The van der Waals surface area contributed by atoms with Crippen molar-refractivity contribution in [1.82, 2.24) is 9.80 Å². The number of carbonyl (C=O) groups is 2. The maximum absolute atomic E-state index is 13.2. The van der Waals surface area contributed by atoms with Gasteiger partial charge in [-0.1, -0.05) is 30.3 Å². The molecule has 6 nitrogen and oxygen atoms in total. The standard InChI is InChI=1S/C26H32N2O4/c1-19(29)32-26-13-12-22(28(3)24(31)20-8-5-4-6-9-20)17-25(26,14-15-27(2)18-26)21-10-7-11-23(30)16-21/h4-11,16,22,30H,12-15,17-18H2,1-3H3/t22-,25?,26?/m1/s1. The minimum absolute atomic E-state index is 0.00264. The molecule has 4 rings (SSSR count). The topological polar surface area (TPSA) is 70.1 Å². The van der Waals surface area contributed by atoms with Gasteiger partial charge < -0.3 is 19.6 Å². The number of hydrogen-bond donors (Lipinski definition) is 1. The van der Waals surface area contributed by atoms with E-state index in [9.17, 15) is 14.7 Å². The number of phenols is 1. The number of likely N-dealkylation sites (tertiary alicyclic amines) is 1. The summed E-state index contributed by atoms with van der Waals surface area (Å²) < 4.78 is 6.16. The predicted molar refractivity (Wildman–Crippen MR) is 123 cm³/mol. The molecule has 32 heavy (non-hydrogen) atoms. The van der Waals surface area contributed by atoms with Crippen molar-refractivity contribution < 1.29 is 19.4 Å². The normalized spacial score (nSPS) is 27.9. The first-order valence-electron chi connectivity index (χ1n) is 11.3. The summed E-state index contributed by atoms with van der Waals surface area (Å²) >= 11 is 0. The fourth-order valence-corrected chi connectivity index (χ4v) is 5.85. The molecule has 1 N–H and O–H groups in total. The van der Waals surface area contributed by atoms with Crippen molar-refractivity contribution in [1.29, 1.82) is 0 Å². The van der Waals surface area contributed by atoms with Crippen molar-refractivity contribution in [3.63, 3.8) is 0 Å². The minimum atomic E-state index is -0.702. The van der Waals surface area contributed by atoms with Gasteiger partial charge >= 0.3 is 5.97 Å². The fourth-order valence-electron chi connectivity index (χ4n) is 5.85. The first-order valence-corrected chi connectivity index (χ1v) is 11.3. The van der Waals surface area contributed by atoms with Crippen LogP contribution in [0.3, 0.4) is 0 Å². The molecule has 1 heterocycles. The van der Waals surface area contributed by atoms with E-state index in [4.69, 9.17) is 4.74 Å². The zero-order valence-corrected chi connectivity index (χ0v) is 19.1. The third-order valence-electron chi connectivity index (χ3n) is 7.41. The monoisotopic (exact) mass is 436 g/mol. The van der Waals surface area contributed by atoms with Crippen molar-refractivity contribution in [2.45, 2.75) is 49.7 Å². The van der Waals surface area contributed by atoms with Gasteiger partial charge in [-0.15, -0.1) is 0 Å². The lowest BCUT2D eigenvalue weighted by atomic mass is 9.55. The van der Waals surface area contributed by atoms with E-state index >= 15 is 0 Å². The number of carbonyl (C=O) groups excluding carboxylic acids is 2. The maximum Gasteiger partial charge on any atom is 0.303 e. The number of phenolic OH excluding ortho intramolecular Hbond substituents is 1. The van der Waals surface area contributed by atoms with Crippen LogP contribution in [-0.2, 0) is 14.9 Å². The molecule has 2 aromatic rings. The molecule has 0 aromatic heterocycles. The highest BCUT2D eigenvalue weighted by atomic mass is 16.6. The van der Waals surface area contributed by atoms with Gasteiger partial charge in [0.2, 0.25) is 0 Å². The van der Waals surface area contributed by atoms with Crippen molar-refractivity contribution in [2.75, 3.05) is 27.2 Å². The lowest BCUT2D eigenvalue weighted by Gasteiger charge is -2.59. The van der Waals surface area contributed by atoms with E-state index in [0.717, 1.165) is 24.9 Å². The molecular formula is C26H32N2O4. The number of benzene rings is 2. The van der Waals surface area contributed by atoms with Crippen LogP contribution in [0.5, 0.6) is 5.75 Å². The molecule has 2 unspecified atom stereocenters. The van der Waals surface area contributed by atoms with Crippen LogP contribution in [0.4, 0.5) is 0 Å². The van der Waals surface area contributed by atoms with E-state index in [0.29, 0.717) is 24.9 Å². The van der Waals surface area contributed by atoms with E-state index in [1.165, 1.54) is 6.92 Å². The number of hydrogen-bond acceptors (Lipinski definition) is 5. The molecule has 3 atom stereocenters. The first kappa shape index (κ1) is 22.3. The van der Waals surface area contributed by atoms with Crippen LogP contribution in [0.2, 0.25) is 0 Å². The summed E-state index contributed by atoms with van der Waals surface area (Å²) in [5.74, 6) is -0.102. The number of likely N-dealkylation sites (N-methyl/N-ethyl adjacent to an activating group) is 1. The molecular weight excluding hydrogens is 404 g/mol. The molecule has 2 aliphatic rings. The molecule has 6 heteroatoms. The van der Waals surface area contributed by atoms with Crippen LogP contribution in [0, 0.1) is 0 Å². The molecule has 2 fully saturated rings. The quantitative estimate of drug-likeness (QED) is 0.742. The average molecular weight is 437 g/mol. The summed E-state index contributed by atoms with van der Waals surface area (Å²) in [5, 5.41) is 10.3. The van der Waals surface area contributed by atoms with E-state index < -0.39 is 11.0 Å². The van der Waals surface area contributed by atoms with Gasteiger partial charge in [-0.2, -0.15) is 0 Å². The smallest absolute Gasteiger partial charge is 0.303 e. The molecule has 2 aromatic carbocycles. The Morgan fingerprint density at radius 2 is 1.88 bits per heavy atom. The Balaban J connectivity index is 1.75. The lowest BCUT2D eigenvalue weighted by Crippen LogP contribution is -2.68. The van der Waals surface area contributed by atoms with E-state index in [-0.39, 0.29) is 23.7 Å². The summed E-state index contributed by atoms with van der Waals surface area (Å²) in [6.45, 7) is 2.95. The van der Waals surface area contributed by atoms with Gasteiger partial charge in [0.15, 0.2) is 0 Å². The third-order valence-corrected chi connectivity index (χ3v) is 7.41. The zero-order valence-electron chi connectivity index (χ0n) is 19.1. The number of rotatable bonds is 4.